The highest BCUT2D eigenvalue weighted by atomic mass is 16.2. The molecular formula is C21H39N3O. The van der Waals surface area contributed by atoms with Crippen molar-refractivity contribution in [2.45, 2.75) is 66.0 Å². The van der Waals surface area contributed by atoms with Crippen molar-refractivity contribution in [1.82, 2.24) is 15.5 Å². The quantitative estimate of drug-likeness (QED) is 0.743. The summed E-state index contributed by atoms with van der Waals surface area (Å²) < 4.78 is 0. The van der Waals surface area contributed by atoms with Gasteiger partial charge in [-0.15, -0.1) is 0 Å². The maximum absolute atomic E-state index is 13.3. The molecule has 4 aliphatic rings. The highest BCUT2D eigenvalue weighted by Gasteiger charge is 2.64. The van der Waals surface area contributed by atoms with E-state index in [4.69, 9.17) is 0 Å². The van der Waals surface area contributed by atoms with Crippen LogP contribution in [0.1, 0.15) is 54.4 Å². The third-order valence-corrected chi connectivity index (χ3v) is 6.62. The van der Waals surface area contributed by atoms with Crippen LogP contribution < -0.4 is 10.6 Å². The number of carbonyl (C=O) groups excluding carboxylic acids is 1. The first-order valence-corrected chi connectivity index (χ1v) is 10.5. The Bertz CT molecular complexity index is 490. The average Bonchev–Trinajstić information content (AvgIpc) is 2.80. The van der Waals surface area contributed by atoms with Crippen LogP contribution in [-0.2, 0) is 4.79 Å². The summed E-state index contributed by atoms with van der Waals surface area (Å²) in [6.07, 6.45) is 2.18. The number of amides is 1. The minimum absolute atomic E-state index is 0.270. The van der Waals surface area contributed by atoms with Crippen LogP contribution in [0.4, 0.5) is 0 Å². The molecular weight excluding hydrogens is 310 g/mol. The van der Waals surface area contributed by atoms with E-state index in [1.54, 1.807) is 0 Å². The molecule has 0 unspecified atom stereocenters. The molecule has 3 saturated heterocycles. The summed E-state index contributed by atoms with van der Waals surface area (Å²) in [5.74, 6) is 3.96. The third-order valence-electron chi connectivity index (χ3n) is 6.62. The van der Waals surface area contributed by atoms with E-state index in [0.717, 1.165) is 31.8 Å². The number of nitrogens with zero attached hydrogens (tertiary/aromatic N) is 1. The van der Waals surface area contributed by atoms with Crippen molar-refractivity contribution in [2.24, 2.45) is 35.5 Å². The molecule has 4 rings (SSSR count). The van der Waals surface area contributed by atoms with E-state index >= 15 is 0 Å². The van der Waals surface area contributed by atoms with E-state index < -0.39 is 0 Å². The molecule has 4 heteroatoms. The zero-order chi connectivity index (χ0) is 18.4. The minimum Gasteiger partial charge on any atom is -0.354 e. The summed E-state index contributed by atoms with van der Waals surface area (Å²) in [6.45, 7) is 17.8. The normalized spacial score (nSPS) is 37.5. The highest BCUT2D eigenvalue weighted by molar-refractivity contribution is 5.87. The zero-order valence-electron chi connectivity index (χ0n) is 17.1. The number of nitrogens with one attached hydrogen (secondary N) is 2. The molecule has 0 aromatic carbocycles. The molecule has 0 aromatic heterocycles. The lowest BCUT2D eigenvalue weighted by Crippen LogP contribution is -2.74. The van der Waals surface area contributed by atoms with Crippen molar-refractivity contribution < 1.29 is 4.79 Å². The van der Waals surface area contributed by atoms with E-state index in [1.807, 2.05) is 0 Å². The molecule has 1 amide bonds. The molecule has 1 saturated carbocycles. The number of hydrogen-bond donors (Lipinski definition) is 2. The van der Waals surface area contributed by atoms with Gasteiger partial charge in [0, 0.05) is 38.1 Å². The topological polar surface area (TPSA) is 44.4 Å². The van der Waals surface area contributed by atoms with Crippen LogP contribution in [0, 0.1) is 35.5 Å². The van der Waals surface area contributed by atoms with Gasteiger partial charge < -0.3 is 10.6 Å². The van der Waals surface area contributed by atoms with Gasteiger partial charge in [0.25, 0.3) is 0 Å². The molecule has 144 valence electrons. The van der Waals surface area contributed by atoms with Gasteiger partial charge in [-0.2, -0.15) is 0 Å². The lowest BCUT2D eigenvalue weighted by atomic mass is 9.57. The Morgan fingerprint density at radius 1 is 1.16 bits per heavy atom. The number of rotatable bonds is 7. The first-order chi connectivity index (χ1) is 11.7. The fourth-order valence-corrected chi connectivity index (χ4v) is 5.83. The molecule has 3 aliphatic heterocycles. The largest absolute Gasteiger partial charge is 0.354 e. The third kappa shape index (κ3) is 3.49. The molecule has 2 N–H and O–H groups in total. The maximum Gasteiger partial charge on any atom is 0.240 e. The van der Waals surface area contributed by atoms with Gasteiger partial charge in [0.15, 0.2) is 0 Å². The van der Waals surface area contributed by atoms with Gasteiger partial charge in [0.1, 0.15) is 5.54 Å². The smallest absolute Gasteiger partial charge is 0.240 e. The molecule has 5 atom stereocenters. The van der Waals surface area contributed by atoms with Gasteiger partial charge in [-0.05, 0) is 42.4 Å². The van der Waals surface area contributed by atoms with Crippen LogP contribution in [-0.4, -0.2) is 48.6 Å². The summed E-state index contributed by atoms with van der Waals surface area (Å²) in [7, 11) is 0. The molecule has 4 fully saturated rings. The van der Waals surface area contributed by atoms with Crippen molar-refractivity contribution in [2.75, 3.05) is 26.2 Å². The van der Waals surface area contributed by atoms with Gasteiger partial charge >= 0.3 is 0 Å². The molecule has 1 aliphatic carbocycles. The van der Waals surface area contributed by atoms with Gasteiger partial charge in [0.05, 0.1) is 0 Å². The highest BCUT2D eigenvalue weighted by Crippen LogP contribution is 2.53. The first-order valence-electron chi connectivity index (χ1n) is 10.5. The Labute approximate surface area is 154 Å². The summed E-state index contributed by atoms with van der Waals surface area (Å²) >= 11 is 0. The van der Waals surface area contributed by atoms with Crippen molar-refractivity contribution in [1.29, 1.82) is 0 Å². The molecule has 0 spiro atoms. The molecule has 0 aromatic rings. The first kappa shape index (κ1) is 19.2. The second-order valence-corrected chi connectivity index (χ2v) is 10.2. The van der Waals surface area contributed by atoms with E-state index in [2.05, 4.69) is 57.1 Å². The molecule has 4 bridgehead atoms. The summed E-state index contributed by atoms with van der Waals surface area (Å²) in [5.41, 5.74) is -0.338. The Kier molecular flexibility index (Phi) is 5.51. The van der Waals surface area contributed by atoms with Gasteiger partial charge in [-0.1, -0.05) is 41.5 Å². The number of likely N-dealkylation sites (tertiary alicyclic amines) is 1. The van der Waals surface area contributed by atoms with Crippen molar-refractivity contribution in [3.05, 3.63) is 0 Å². The number of fused-ring (bicyclic) bond motifs is 1. The summed E-state index contributed by atoms with van der Waals surface area (Å²) in [6, 6.07) is 0.592. The monoisotopic (exact) mass is 349 g/mol. The second-order valence-electron chi connectivity index (χ2n) is 10.2. The van der Waals surface area contributed by atoms with Crippen LogP contribution in [0.2, 0.25) is 0 Å². The van der Waals surface area contributed by atoms with Crippen LogP contribution in [0.15, 0.2) is 0 Å². The fraction of sp³-hybridized carbons (Fsp3) is 0.952. The summed E-state index contributed by atoms with van der Waals surface area (Å²) in [5, 5.41) is 7.02. The van der Waals surface area contributed by atoms with Crippen LogP contribution in [0.3, 0.4) is 0 Å². The van der Waals surface area contributed by atoms with Crippen molar-refractivity contribution in [3.63, 3.8) is 0 Å². The van der Waals surface area contributed by atoms with Crippen LogP contribution in [0.25, 0.3) is 0 Å². The Hall–Kier alpha value is -0.610. The SMILES string of the molecule is CC(C)CNC(=O)[C@@]12C[C@@H]3CN(CC(C)C)[C@@H]([C@@H]3CN1)[C@@H]2CC(C)C. The van der Waals surface area contributed by atoms with E-state index in [9.17, 15) is 4.79 Å². The van der Waals surface area contributed by atoms with Crippen molar-refractivity contribution >= 4 is 5.91 Å². The molecule has 3 heterocycles. The Balaban J connectivity index is 1.88. The predicted octanol–water partition coefficient (Wildman–Crippen LogP) is 2.74. The van der Waals surface area contributed by atoms with Gasteiger partial charge in [0.2, 0.25) is 5.91 Å². The van der Waals surface area contributed by atoms with Gasteiger partial charge in [-0.25, -0.2) is 0 Å². The van der Waals surface area contributed by atoms with Crippen LogP contribution >= 0.6 is 0 Å². The summed E-state index contributed by atoms with van der Waals surface area (Å²) in [4.78, 5) is 16.1. The molecule has 4 nitrogen and oxygen atoms in total. The number of piperidine rings is 2. The number of carbonyl (C=O) groups is 1. The minimum atomic E-state index is -0.338. The molecule has 0 radical (unpaired) electrons. The van der Waals surface area contributed by atoms with Crippen molar-refractivity contribution in [3.8, 4) is 0 Å². The van der Waals surface area contributed by atoms with Gasteiger partial charge in [-0.3, -0.25) is 9.69 Å². The second kappa shape index (κ2) is 7.19. The number of hydrogen-bond acceptors (Lipinski definition) is 3. The lowest BCUT2D eigenvalue weighted by Gasteiger charge is -2.56. The fourth-order valence-electron chi connectivity index (χ4n) is 5.83. The van der Waals surface area contributed by atoms with E-state index in [1.165, 1.54) is 13.1 Å². The standard InChI is InChI=1S/C21H39N3O/c1-13(2)7-18-19-17-10-23-21(18,20(25)22-9-14(3)4)8-16(17)12-24(19)11-15(5)6/h13-19,23H,7-12H2,1-6H3,(H,22,25)/t16-,17-,18+,19+,21+/m1/s1. The maximum atomic E-state index is 13.3. The van der Waals surface area contributed by atoms with E-state index in [0.29, 0.717) is 35.6 Å². The Morgan fingerprint density at radius 2 is 1.88 bits per heavy atom. The predicted molar refractivity (Wildman–Crippen MR) is 103 cm³/mol. The average molecular weight is 350 g/mol. The van der Waals surface area contributed by atoms with E-state index in [-0.39, 0.29) is 11.4 Å². The van der Waals surface area contributed by atoms with Crippen LogP contribution in [0.5, 0.6) is 0 Å². The Morgan fingerprint density at radius 3 is 2.48 bits per heavy atom. The zero-order valence-corrected chi connectivity index (χ0v) is 17.1. The molecule has 25 heavy (non-hydrogen) atoms. The lowest BCUT2D eigenvalue weighted by molar-refractivity contribution is -0.139.